The van der Waals surface area contributed by atoms with Crippen LogP contribution in [0.15, 0.2) is 0 Å². The standard InChI is InChI=1S/C13H15BrO3/c1-4(15)11-6-5-7(6)12(14)10(11)9(11)8(5)13(12)16-2-3-17-13/h4-10,15H,2-3H2,1H3/t4-,5-,6+,7+,8-,9+,10+,11-,12-/m0/s1. The molecule has 0 amide bonds. The summed E-state index contributed by atoms with van der Waals surface area (Å²) in [7, 11) is 0. The molecular weight excluding hydrogens is 284 g/mol. The van der Waals surface area contributed by atoms with Gasteiger partial charge in [-0.3, -0.25) is 0 Å². The van der Waals surface area contributed by atoms with E-state index in [1.807, 2.05) is 6.92 Å². The maximum absolute atomic E-state index is 10.2. The summed E-state index contributed by atoms with van der Waals surface area (Å²) in [4.78, 5) is 0. The first-order valence-electron chi connectivity index (χ1n) is 6.78. The topological polar surface area (TPSA) is 38.7 Å². The smallest absolute Gasteiger partial charge is 0.187 e. The van der Waals surface area contributed by atoms with Crippen LogP contribution in [-0.2, 0) is 9.47 Å². The van der Waals surface area contributed by atoms with Gasteiger partial charge in [0.1, 0.15) is 0 Å². The second-order valence-corrected chi connectivity index (χ2v) is 8.28. The van der Waals surface area contributed by atoms with Crippen LogP contribution in [0.4, 0.5) is 0 Å². The maximum atomic E-state index is 10.2. The van der Waals surface area contributed by atoms with Crippen LogP contribution in [0, 0.1) is 40.9 Å². The summed E-state index contributed by atoms with van der Waals surface area (Å²) in [5.74, 6) is 3.79. The van der Waals surface area contributed by atoms with Gasteiger partial charge in [-0.05, 0) is 36.5 Å². The molecule has 0 unspecified atom stereocenters. The van der Waals surface area contributed by atoms with E-state index in [4.69, 9.17) is 9.47 Å². The minimum atomic E-state index is -0.316. The van der Waals surface area contributed by atoms with Gasteiger partial charge in [-0.1, -0.05) is 15.9 Å². The fourth-order valence-corrected chi connectivity index (χ4v) is 9.06. The lowest BCUT2D eigenvalue weighted by molar-refractivity contribution is -0.193. The molecule has 2 bridgehead atoms. The first-order chi connectivity index (χ1) is 8.13. The van der Waals surface area contributed by atoms with Crippen LogP contribution in [-0.4, -0.2) is 34.5 Å². The van der Waals surface area contributed by atoms with Crippen molar-refractivity contribution in [2.45, 2.75) is 23.1 Å². The van der Waals surface area contributed by atoms with Crippen molar-refractivity contribution in [2.75, 3.05) is 13.2 Å². The molecule has 1 spiro atoms. The van der Waals surface area contributed by atoms with Crippen LogP contribution < -0.4 is 0 Å². The first-order valence-corrected chi connectivity index (χ1v) is 7.57. The van der Waals surface area contributed by atoms with Crippen LogP contribution in [0.2, 0.25) is 0 Å². The third-order valence-electron chi connectivity index (χ3n) is 7.17. The molecule has 1 aliphatic heterocycles. The van der Waals surface area contributed by atoms with Crippen molar-refractivity contribution in [1.82, 2.24) is 0 Å². The van der Waals surface area contributed by atoms with E-state index >= 15 is 0 Å². The minimum absolute atomic E-state index is 0.0398. The summed E-state index contributed by atoms with van der Waals surface area (Å²) in [6.07, 6.45) is -0.154. The van der Waals surface area contributed by atoms with Gasteiger partial charge in [-0.2, -0.15) is 0 Å². The molecule has 1 heterocycles. The molecule has 9 atom stereocenters. The maximum Gasteiger partial charge on any atom is 0.187 e. The first kappa shape index (κ1) is 9.29. The van der Waals surface area contributed by atoms with E-state index < -0.39 is 0 Å². The summed E-state index contributed by atoms with van der Waals surface area (Å²) in [6.45, 7) is 3.49. The predicted molar refractivity (Wildman–Crippen MR) is 61.3 cm³/mol. The quantitative estimate of drug-likeness (QED) is 0.734. The largest absolute Gasteiger partial charge is 0.393 e. The molecule has 0 aromatic rings. The van der Waals surface area contributed by atoms with Crippen molar-refractivity contribution >= 4 is 15.9 Å². The Labute approximate surface area is 108 Å². The number of hydrogen-bond donors (Lipinski definition) is 1. The van der Waals surface area contributed by atoms with Crippen LogP contribution in [0.3, 0.4) is 0 Å². The summed E-state index contributed by atoms with van der Waals surface area (Å²) in [5.41, 5.74) is 0.240. The number of hydrogen-bond acceptors (Lipinski definition) is 3. The molecule has 7 rings (SSSR count). The SMILES string of the molecule is C[C@H](O)[C@]12[C@@H]3[C@@H]4[C@H]5[C@@H]1[C@H]2[C@@](Br)([C@H]43)C51OCCO1. The highest BCUT2D eigenvalue weighted by atomic mass is 79.9. The number of aliphatic hydroxyl groups excluding tert-OH is 1. The Morgan fingerprint density at radius 3 is 2.29 bits per heavy atom. The Morgan fingerprint density at radius 1 is 1.18 bits per heavy atom. The van der Waals surface area contributed by atoms with E-state index in [0.717, 1.165) is 31.0 Å². The van der Waals surface area contributed by atoms with Crippen molar-refractivity contribution in [3.63, 3.8) is 0 Å². The zero-order chi connectivity index (χ0) is 11.4. The van der Waals surface area contributed by atoms with Crippen LogP contribution in [0.25, 0.3) is 0 Å². The molecule has 0 aromatic heterocycles. The molecule has 0 radical (unpaired) electrons. The Hall–Kier alpha value is 0.360. The van der Waals surface area contributed by atoms with Gasteiger partial charge < -0.3 is 14.6 Å². The molecule has 4 heteroatoms. The Bertz CT molecular complexity index is 473. The third-order valence-corrected chi connectivity index (χ3v) is 8.75. The van der Waals surface area contributed by atoms with Gasteiger partial charge in [0, 0.05) is 11.3 Å². The molecule has 7 aliphatic rings. The highest BCUT2D eigenvalue weighted by Gasteiger charge is 3.09. The Kier molecular flexibility index (Phi) is 1.12. The Morgan fingerprint density at radius 2 is 1.88 bits per heavy atom. The van der Waals surface area contributed by atoms with Crippen molar-refractivity contribution < 1.29 is 14.6 Å². The van der Waals surface area contributed by atoms with Crippen LogP contribution in [0.5, 0.6) is 0 Å². The molecule has 6 aliphatic carbocycles. The van der Waals surface area contributed by atoms with Gasteiger partial charge in [-0.15, -0.1) is 0 Å². The van der Waals surface area contributed by atoms with Gasteiger partial charge in [0.15, 0.2) is 5.79 Å². The summed E-state index contributed by atoms with van der Waals surface area (Å²) in [6, 6.07) is 0. The van der Waals surface area contributed by atoms with Gasteiger partial charge in [-0.25, -0.2) is 0 Å². The van der Waals surface area contributed by atoms with E-state index in [0.29, 0.717) is 17.8 Å². The molecule has 1 saturated heterocycles. The highest BCUT2D eigenvalue weighted by Crippen LogP contribution is 3.05. The fraction of sp³-hybridized carbons (Fsp3) is 1.00. The van der Waals surface area contributed by atoms with Crippen molar-refractivity contribution in [3.05, 3.63) is 0 Å². The monoisotopic (exact) mass is 298 g/mol. The summed E-state index contributed by atoms with van der Waals surface area (Å²) in [5, 5.41) is 10.2. The summed E-state index contributed by atoms with van der Waals surface area (Å²) >= 11 is 4.05. The molecule has 3 nitrogen and oxygen atoms in total. The van der Waals surface area contributed by atoms with E-state index in [1.165, 1.54) is 0 Å². The molecular formula is C13H15BrO3. The van der Waals surface area contributed by atoms with E-state index in [2.05, 4.69) is 15.9 Å². The van der Waals surface area contributed by atoms with Gasteiger partial charge >= 0.3 is 0 Å². The predicted octanol–water partition coefficient (Wildman–Crippen LogP) is 0.996. The second kappa shape index (κ2) is 2.05. The van der Waals surface area contributed by atoms with Gasteiger partial charge in [0.2, 0.25) is 0 Å². The number of ether oxygens (including phenoxy) is 2. The van der Waals surface area contributed by atoms with E-state index in [9.17, 15) is 5.11 Å². The van der Waals surface area contributed by atoms with Crippen LogP contribution in [0.1, 0.15) is 6.92 Å². The molecule has 1 N–H and O–H groups in total. The van der Waals surface area contributed by atoms with Gasteiger partial charge in [0.25, 0.3) is 0 Å². The average Bonchev–Trinajstić information content (AvgIpc) is 2.97. The number of alkyl halides is 1. The number of halogens is 1. The zero-order valence-corrected chi connectivity index (χ0v) is 11.2. The van der Waals surface area contributed by atoms with Crippen molar-refractivity contribution in [1.29, 1.82) is 0 Å². The number of rotatable bonds is 1. The van der Waals surface area contributed by atoms with E-state index in [-0.39, 0.29) is 21.6 Å². The van der Waals surface area contributed by atoms with Crippen LogP contribution >= 0.6 is 15.9 Å². The number of aliphatic hydroxyl groups is 1. The fourth-order valence-electron chi connectivity index (χ4n) is 7.30. The summed E-state index contributed by atoms with van der Waals surface area (Å²) < 4.78 is 12.2. The molecule has 92 valence electrons. The lowest BCUT2D eigenvalue weighted by Gasteiger charge is -2.38. The van der Waals surface area contributed by atoms with E-state index in [1.54, 1.807) is 0 Å². The lowest BCUT2D eigenvalue weighted by atomic mass is 9.90. The van der Waals surface area contributed by atoms with Gasteiger partial charge in [0.05, 0.1) is 23.6 Å². The van der Waals surface area contributed by atoms with Crippen molar-refractivity contribution in [3.8, 4) is 0 Å². The average molecular weight is 299 g/mol. The molecule has 17 heavy (non-hydrogen) atoms. The van der Waals surface area contributed by atoms with Crippen molar-refractivity contribution in [2.24, 2.45) is 40.9 Å². The Balaban J connectivity index is 1.60. The lowest BCUT2D eigenvalue weighted by Crippen LogP contribution is -2.50. The zero-order valence-electron chi connectivity index (χ0n) is 9.60. The highest BCUT2D eigenvalue weighted by molar-refractivity contribution is 9.10. The second-order valence-electron chi connectivity index (χ2n) is 6.97. The molecule has 6 saturated carbocycles. The molecule has 7 fully saturated rings. The third kappa shape index (κ3) is 0.522. The molecule has 0 aromatic carbocycles. The minimum Gasteiger partial charge on any atom is -0.393 e. The normalized spacial score (nSPS) is 75.7.